The maximum atomic E-state index is 12.5. The molecule has 0 aromatic heterocycles. The van der Waals surface area contributed by atoms with Crippen LogP contribution in [0.1, 0.15) is 22.3 Å². The molecule has 0 fully saturated rings. The molecule has 0 aliphatic rings. The summed E-state index contributed by atoms with van der Waals surface area (Å²) in [5.41, 5.74) is 4.55. The number of rotatable bonds is 7. The second-order valence-corrected chi connectivity index (χ2v) is 7.73. The van der Waals surface area contributed by atoms with E-state index >= 15 is 0 Å². The molecule has 162 valence electrons. The van der Waals surface area contributed by atoms with E-state index in [2.05, 4.69) is 23.5 Å². The summed E-state index contributed by atoms with van der Waals surface area (Å²) in [6, 6.07) is 20.2. The van der Waals surface area contributed by atoms with Crippen molar-refractivity contribution in [1.82, 2.24) is 0 Å². The number of ether oxygens (including phenoxy) is 2. The first-order valence-corrected chi connectivity index (χ1v) is 10.3. The van der Waals surface area contributed by atoms with Crippen LogP contribution in [-0.4, -0.2) is 13.0 Å². The van der Waals surface area contributed by atoms with Gasteiger partial charge in [-0.15, -0.1) is 0 Å². The van der Waals surface area contributed by atoms with Crippen LogP contribution in [0.2, 0.25) is 5.02 Å². The lowest BCUT2D eigenvalue weighted by Gasteiger charge is -2.10. The third kappa shape index (κ3) is 6.13. The van der Waals surface area contributed by atoms with Gasteiger partial charge >= 0.3 is 0 Å². The summed E-state index contributed by atoms with van der Waals surface area (Å²) in [5.74, 6) is 0.696. The van der Waals surface area contributed by atoms with Crippen LogP contribution in [0.4, 0.5) is 5.69 Å². The highest BCUT2D eigenvalue weighted by Gasteiger charge is 2.11. The number of benzene rings is 3. The normalized spacial score (nSPS) is 10.9. The molecule has 0 radical (unpaired) electrons. The van der Waals surface area contributed by atoms with E-state index in [0.717, 1.165) is 5.56 Å². The predicted molar refractivity (Wildman–Crippen MR) is 127 cm³/mol. The number of nitrogens with one attached hydrogen (secondary N) is 1. The molecule has 0 atom stereocenters. The fraction of sp³-hybridized carbons (Fsp3) is 0.154. The monoisotopic (exact) mass is 446 g/mol. The summed E-state index contributed by atoms with van der Waals surface area (Å²) >= 11 is 6.37. The molecule has 32 heavy (non-hydrogen) atoms. The molecule has 1 N–H and O–H groups in total. The molecule has 0 unspecified atom stereocenters. The molecule has 0 bridgehead atoms. The molecule has 5 nitrogen and oxygen atoms in total. The van der Waals surface area contributed by atoms with Crippen molar-refractivity contribution in [3.63, 3.8) is 0 Å². The van der Waals surface area contributed by atoms with E-state index < -0.39 is 5.91 Å². The summed E-state index contributed by atoms with van der Waals surface area (Å²) < 4.78 is 11.0. The Morgan fingerprint density at radius 2 is 1.75 bits per heavy atom. The molecule has 0 aliphatic carbocycles. The molecule has 3 rings (SSSR count). The average molecular weight is 447 g/mol. The third-order valence-electron chi connectivity index (χ3n) is 4.66. The smallest absolute Gasteiger partial charge is 0.266 e. The molecular weight excluding hydrogens is 424 g/mol. The van der Waals surface area contributed by atoms with E-state index in [0.29, 0.717) is 34.4 Å². The molecule has 3 aromatic rings. The number of anilines is 1. The first kappa shape index (κ1) is 22.9. The van der Waals surface area contributed by atoms with Gasteiger partial charge in [0.15, 0.2) is 0 Å². The Labute approximate surface area is 192 Å². The van der Waals surface area contributed by atoms with Gasteiger partial charge in [-0.25, -0.2) is 0 Å². The lowest BCUT2D eigenvalue weighted by molar-refractivity contribution is -0.112. The highest BCUT2D eigenvalue weighted by molar-refractivity contribution is 6.32. The Hall–Kier alpha value is -3.75. The zero-order chi connectivity index (χ0) is 23.1. The van der Waals surface area contributed by atoms with Gasteiger partial charge < -0.3 is 14.8 Å². The fourth-order valence-electron chi connectivity index (χ4n) is 3.23. The lowest BCUT2D eigenvalue weighted by atomic mass is 10.1. The van der Waals surface area contributed by atoms with Gasteiger partial charge in [-0.1, -0.05) is 47.0 Å². The van der Waals surface area contributed by atoms with Crippen molar-refractivity contribution < 1.29 is 14.3 Å². The van der Waals surface area contributed by atoms with E-state index in [-0.39, 0.29) is 5.57 Å². The van der Waals surface area contributed by atoms with Gasteiger partial charge in [0, 0.05) is 5.69 Å². The van der Waals surface area contributed by atoms with Crippen molar-refractivity contribution >= 4 is 29.3 Å². The minimum absolute atomic E-state index is 0.0409. The number of hydrogen-bond donors (Lipinski definition) is 1. The zero-order valence-electron chi connectivity index (χ0n) is 18.1. The maximum absolute atomic E-state index is 12.5. The second kappa shape index (κ2) is 10.5. The van der Waals surface area contributed by atoms with Crippen LogP contribution in [-0.2, 0) is 11.4 Å². The number of aryl methyl sites for hydroxylation is 2. The van der Waals surface area contributed by atoms with Crippen LogP contribution in [0, 0.1) is 25.2 Å². The molecule has 3 aromatic carbocycles. The van der Waals surface area contributed by atoms with Crippen molar-refractivity contribution in [3.05, 3.63) is 93.5 Å². The van der Waals surface area contributed by atoms with Gasteiger partial charge in [0.1, 0.15) is 29.7 Å². The van der Waals surface area contributed by atoms with Gasteiger partial charge in [-0.2, -0.15) is 5.26 Å². The zero-order valence-corrected chi connectivity index (χ0v) is 18.9. The number of nitriles is 1. The quantitative estimate of drug-likeness (QED) is 0.352. The van der Waals surface area contributed by atoms with Gasteiger partial charge in [0.05, 0.1) is 12.1 Å². The van der Waals surface area contributed by atoms with E-state index in [1.165, 1.54) is 17.2 Å². The third-order valence-corrected chi connectivity index (χ3v) is 4.95. The van der Waals surface area contributed by atoms with Gasteiger partial charge in [0.25, 0.3) is 5.91 Å². The molecule has 0 aliphatic heterocycles. The van der Waals surface area contributed by atoms with Gasteiger partial charge in [-0.3, -0.25) is 4.79 Å². The minimum Gasteiger partial charge on any atom is -0.497 e. The van der Waals surface area contributed by atoms with E-state index in [1.54, 1.807) is 49.6 Å². The molecule has 0 saturated heterocycles. The van der Waals surface area contributed by atoms with E-state index in [4.69, 9.17) is 21.1 Å². The predicted octanol–water partition coefficient (Wildman–Crippen LogP) is 6.09. The molecule has 6 heteroatoms. The Bertz CT molecular complexity index is 1170. The van der Waals surface area contributed by atoms with Crippen molar-refractivity contribution in [2.24, 2.45) is 0 Å². The Balaban J connectivity index is 1.70. The molecular formula is C26H23ClN2O3. The first-order chi connectivity index (χ1) is 15.4. The Morgan fingerprint density at radius 3 is 2.34 bits per heavy atom. The number of carbonyl (C=O) groups excluding carboxylic acids is 1. The van der Waals surface area contributed by atoms with Crippen LogP contribution >= 0.6 is 11.6 Å². The van der Waals surface area contributed by atoms with E-state index in [1.807, 2.05) is 19.9 Å². The molecule has 0 saturated carbocycles. The van der Waals surface area contributed by atoms with Crippen molar-refractivity contribution in [3.8, 4) is 17.6 Å². The number of amides is 1. The van der Waals surface area contributed by atoms with Crippen LogP contribution in [0.5, 0.6) is 11.5 Å². The summed E-state index contributed by atoms with van der Waals surface area (Å²) in [4.78, 5) is 12.5. The van der Waals surface area contributed by atoms with Crippen LogP contribution in [0.15, 0.2) is 66.2 Å². The number of carbonyl (C=O) groups is 1. The van der Waals surface area contributed by atoms with Crippen LogP contribution in [0.3, 0.4) is 0 Å². The standard InChI is InChI=1S/C26H23ClN2O3/c1-17-10-18(2)12-20(11-17)16-32-25-9-4-19(14-24(25)27)13-21(15-28)26(30)29-22-5-7-23(31-3)8-6-22/h4-14H,16H2,1-3H3,(H,29,30)/b21-13+. The maximum Gasteiger partial charge on any atom is 0.266 e. The van der Waals surface area contributed by atoms with E-state index in [9.17, 15) is 10.1 Å². The van der Waals surface area contributed by atoms with Gasteiger partial charge in [0.2, 0.25) is 0 Å². The SMILES string of the molecule is COc1ccc(NC(=O)/C(C#N)=C/c2ccc(OCc3cc(C)cc(C)c3)c(Cl)c2)cc1. The number of nitrogens with zero attached hydrogens (tertiary/aromatic N) is 1. The number of hydrogen-bond acceptors (Lipinski definition) is 4. The Kier molecular flexibility index (Phi) is 7.54. The summed E-state index contributed by atoms with van der Waals surface area (Å²) in [6.45, 7) is 4.48. The molecule has 1 amide bonds. The van der Waals surface area contributed by atoms with Crippen molar-refractivity contribution in [2.45, 2.75) is 20.5 Å². The van der Waals surface area contributed by atoms with Gasteiger partial charge in [-0.05, 0) is 67.4 Å². The summed E-state index contributed by atoms with van der Waals surface area (Å²) in [5, 5.41) is 12.5. The average Bonchev–Trinajstić information content (AvgIpc) is 2.76. The Morgan fingerprint density at radius 1 is 1.06 bits per heavy atom. The number of methoxy groups -OCH3 is 1. The molecule has 0 spiro atoms. The van der Waals surface area contributed by atoms with Crippen LogP contribution in [0.25, 0.3) is 6.08 Å². The van der Waals surface area contributed by atoms with Crippen LogP contribution < -0.4 is 14.8 Å². The number of halogens is 1. The summed E-state index contributed by atoms with van der Waals surface area (Å²) in [7, 11) is 1.56. The first-order valence-electron chi connectivity index (χ1n) is 9.94. The largest absolute Gasteiger partial charge is 0.497 e. The topological polar surface area (TPSA) is 71.3 Å². The van der Waals surface area contributed by atoms with Crippen molar-refractivity contribution in [1.29, 1.82) is 5.26 Å². The molecule has 0 heterocycles. The second-order valence-electron chi connectivity index (χ2n) is 7.33. The lowest BCUT2D eigenvalue weighted by Crippen LogP contribution is -2.13. The highest BCUT2D eigenvalue weighted by Crippen LogP contribution is 2.27. The van der Waals surface area contributed by atoms with Crippen molar-refractivity contribution in [2.75, 3.05) is 12.4 Å². The minimum atomic E-state index is -0.510. The highest BCUT2D eigenvalue weighted by atomic mass is 35.5. The summed E-state index contributed by atoms with van der Waals surface area (Å²) in [6.07, 6.45) is 1.48. The fourth-order valence-corrected chi connectivity index (χ4v) is 3.47.